The molecule has 2 aromatic carbocycles. The molecule has 1 saturated heterocycles. The summed E-state index contributed by atoms with van der Waals surface area (Å²) in [5.74, 6) is -0.649. The van der Waals surface area contributed by atoms with E-state index in [-0.39, 0.29) is 23.9 Å². The Morgan fingerprint density at radius 3 is 2.17 bits per heavy atom. The standard InChI is InChI=1S/C17H16FNO3S/c1-12-2-4-13(5-3-12)17(20)19-10-16(11-19)23(21,22)15-8-6-14(18)7-9-15/h2-9,16H,10-11H2,1H3. The van der Waals surface area contributed by atoms with Gasteiger partial charge in [-0.3, -0.25) is 4.79 Å². The number of halogens is 1. The summed E-state index contributed by atoms with van der Waals surface area (Å²) in [5.41, 5.74) is 1.61. The second-order valence-electron chi connectivity index (χ2n) is 5.70. The summed E-state index contributed by atoms with van der Waals surface area (Å²) < 4.78 is 37.7. The number of hydrogen-bond acceptors (Lipinski definition) is 3. The van der Waals surface area contributed by atoms with Gasteiger partial charge in [-0.2, -0.15) is 0 Å². The Hall–Kier alpha value is -2.21. The highest BCUT2D eigenvalue weighted by Crippen LogP contribution is 2.25. The van der Waals surface area contributed by atoms with Crippen LogP contribution in [-0.4, -0.2) is 37.6 Å². The minimum Gasteiger partial charge on any atom is -0.336 e. The van der Waals surface area contributed by atoms with Crippen LogP contribution >= 0.6 is 0 Å². The number of nitrogens with zero attached hydrogens (tertiary/aromatic N) is 1. The zero-order valence-corrected chi connectivity index (χ0v) is 13.4. The van der Waals surface area contributed by atoms with Crippen LogP contribution in [0.1, 0.15) is 15.9 Å². The van der Waals surface area contributed by atoms with Crippen LogP contribution in [-0.2, 0) is 9.84 Å². The predicted molar refractivity (Wildman–Crippen MR) is 84.5 cm³/mol. The van der Waals surface area contributed by atoms with E-state index >= 15 is 0 Å². The third-order valence-corrected chi connectivity index (χ3v) is 6.12. The van der Waals surface area contributed by atoms with E-state index in [1.807, 2.05) is 19.1 Å². The molecule has 1 aliphatic heterocycles. The van der Waals surface area contributed by atoms with Crippen molar-refractivity contribution in [1.82, 2.24) is 4.90 Å². The van der Waals surface area contributed by atoms with Gasteiger partial charge in [-0.1, -0.05) is 17.7 Å². The van der Waals surface area contributed by atoms with E-state index in [4.69, 9.17) is 0 Å². The first-order valence-corrected chi connectivity index (χ1v) is 8.78. The fourth-order valence-corrected chi connectivity index (χ4v) is 4.15. The fourth-order valence-electron chi connectivity index (χ4n) is 2.50. The molecule has 0 bridgehead atoms. The molecule has 1 aliphatic rings. The number of likely N-dealkylation sites (tertiary alicyclic amines) is 1. The quantitative estimate of drug-likeness (QED) is 0.811. The van der Waals surface area contributed by atoms with Gasteiger partial charge < -0.3 is 4.90 Å². The smallest absolute Gasteiger partial charge is 0.253 e. The lowest BCUT2D eigenvalue weighted by Gasteiger charge is -2.38. The molecule has 0 spiro atoms. The van der Waals surface area contributed by atoms with Crippen molar-refractivity contribution in [2.24, 2.45) is 0 Å². The van der Waals surface area contributed by atoms with Crippen LogP contribution in [0.3, 0.4) is 0 Å². The van der Waals surface area contributed by atoms with Crippen molar-refractivity contribution < 1.29 is 17.6 Å². The maximum atomic E-state index is 12.9. The highest BCUT2D eigenvalue weighted by Gasteiger charge is 2.40. The van der Waals surface area contributed by atoms with Crippen LogP contribution in [0.5, 0.6) is 0 Å². The second-order valence-corrected chi connectivity index (χ2v) is 7.93. The fraction of sp³-hybridized carbons (Fsp3) is 0.235. The van der Waals surface area contributed by atoms with Gasteiger partial charge in [0.2, 0.25) is 0 Å². The van der Waals surface area contributed by atoms with Crippen molar-refractivity contribution >= 4 is 15.7 Å². The van der Waals surface area contributed by atoms with Gasteiger partial charge in [0, 0.05) is 18.7 Å². The molecule has 3 rings (SSSR count). The summed E-state index contributed by atoms with van der Waals surface area (Å²) in [5, 5.41) is -0.637. The Morgan fingerprint density at radius 2 is 1.61 bits per heavy atom. The van der Waals surface area contributed by atoms with Crippen molar-refractivity contribution in [1.29, 1.82) is 0 Å². The first-order chi connectivity index (χ1) is 10.9. The Morgan fingerprint density at radius 1 is 1.04 bits per heavy atom. The molecule has 120 valence electrons. The predicted octanol–water partition coefficient (Wildman–Crippen LogP) is 2.43. The lowest BCUT2D eigenvalue weighted by molar-refractivity contribution is 0.0659. The summed E-state index contributed by atoms with van der Waals surface area (Å²) in [6, 6.07) is 11.9. The molecule has 23 heavy (non-hydrogen) atoms. The summed E-state index contributed by atoms with van der Waals surface area (Å²) >= 11 is 0. The molecule has 0 aromatic heterocycles. The Bertz CT molecular complexity index is 823. The van der Waals surface area contributed by atoms with E-state index in [2.05, 4.69) is 0 Å². The van der Waals surface area contributed by atoms with Gasteiger partial charge in [0.05, 0.1) is 4.90 Å². The molecule has 6 heteroatoms. The molecule has 0 radical (unpaired) electrons. The van der Waals surface area contributed by atoms with Gasteiger partial charge >= 0.3 is 0 Å². The zero-order valence-electron chi connectivity index (χ0n) is 12.6. The second kappa shape index (κ2) is 5.77. The van der Waals surface area contributed by atoms with Crippen molar-refractivity contribution in [3.8, 4) is 0 Å². The Labute approximate surface area is 134 Å². The Balaban J connectivity index is 1.69. The van der Waals surface area contributed by atoms with E-state index in [1.165, 1.54) is 17.0 Å². The highest BCUT2D eigenvalue weighted by molar-refractivity contribution is 7.92. The normalized spacial score (nSPS) is 15.3. The summed E-state index contributed by atoms with van der Waals surface area (Å²) in [7, 11) is -3.53. The molecule has 1 amide bonds. The lowest BCUT2D eigenvalue weighted by Crippen LogP contribution is -2.56. The monoisotopic (exact) mass is 333 g/mol. The number of benzene rings is 2. The molecular weight excluding hydrogens is 317 g/mol. The van der Waals surface area contributed by atoms with Crippen LogP contribution in [0.25, 0.3) is 0 Å². The van der Waals surface area contributed by atoms with E-state index < -0.39 is 20.9 Å². The average Bonchev–Trinajstić information content (AvgIpc) is 2.46. The number of carbonyl (C=O) groups excluding carboxylic acids is 1. The van der Waals surface area contributed by atoms with Crippen molar-refractivity contribution in [3.63, 3.8) is 0 Å². The van der Waals surface area contributed by atoms with Crippen molar-refractivity contribution in [3.05, 3.63) is 65.5 Å². The van der Waals surface area contributed by atoms with Gasteiger partial charge in [0.1, 0.15) is 11.1 Å². The third kappa shape index (κ3) is 2.99. The third-order valence-electron chi connectivity index (χ3n) is 4.01. The topological polar surface area (TPSA) is 54.5 Å². The van der Waals surface area contributed by atoms with Crippen molar-refractivity contribution in [2.75, 3.05) is 13.1 Å². The van der Waals surface area contributed by atoms with Gasteiger partial charge in [-0.25, -0.2) is 12.8 Å². The first-order valence-electron chi connectivity index (χ1n) is 7.23. The van der Waals surface area contributed by atoms with E-state index in [9.17, 15) is 17.6 Å². The molecule has 0 aliphatic carbocycles. The number of hydrogen-bond donors (Lipinski definition) is 0. The minimum atomic E-state index is -3.53. The van der Waals surface area contributed by atoms with E-state index in [0.29, 0.717) is 5.56 Å². The number of carbonyl (C=O) groups is 1. The van der Waals surface area contributed by atoms with Crippen LogP contribution in [0.15, 0.2) is 53.4 Å². The van der Waals surface area contributed by atoms with Crippen molar-refractivity contribution in [2.45, 2.75) is 17.1 Å². The van der Waals surface area contributed by atoms with Gasteiger partial charge in [-0.15, -0.1) is 0 Å². The summed E-state index contributed by atoms with van der Waals surface area (Å²) in [6.45, 7) is 2.25. The van der Waals surface area contributed by atoms with E-state index in [1.54, 1.807) is 12.1 Å². The SMILES string of the molecule is Cc1ccc(C(=O)N2CC(S(=O)(=O)c3ccc(F)cc3)C2)cc1. The maximum absolute atomic E-state index is 12.9. The van der Waals surface area contributed by atoms with Gasteiger partial charge in [0.15, 0.2) is 9.84 Å². The molecule has 0 atom stereocenters. The van der Waals surface area contributed by atoms with E-state index in [0.717, 1.165) is 17.7 Å². The Kier molecular flexibility index (Phi) is 3.93. The molecule has 1 heterocycles. The minimum absolute atomic E-state index is 0.0892. The molecule has 0 saturated carbocycles. The highest BCUT2D eigenvalue weighted by atomic mass is 32.2. The van der Waals surface area contributed by atoms with Crippen LogP contribution in [0.2, 0.25) is 0 Å². The number of rotatable bonds is 3. The molecule has 2 aromatic rings. The molecule has 4 nitrogen and oxygen atoms in total. The van der Waals surface area contributed by atoms with Crippen LogP contribution in [0, 0.1) is 12.7 Å². The van der Waals surface area contributed by atoms with Crippen LogP contribution < -0.4 is 0 Å². The average molecular weight is 333 g/mol. The molecule has 1 fully saturated rings. The largest absolute Gasteiger partial charge is 0.336 e. The molecule has 0 unspecified atom stereocenters. The number of amides is 1. The zero-order chi connectivity index (χ0) is 16.6. The molecular formula is C17H16FNO3S. The van der Waals surface area contributed by atoms with Gasteiger partial charge in [-0.05, 0) is 43.3 Å². The molecule has 0 N–H and O–H groups in total. The maximum Gasteiger partial charge on any atom is 0.253 e. The number of sulfone groups is 1. The summed E-state index contributed by atoms with van der Waals surface area (Å²) in [4.78, 5) is 13.9. The van der Waals surface area contributed by atoms with Gasteiger partial charge in [0.25, 0.3) is 5.91 Å². The summed E-state index contributed by atoms with van der Waals surface area (Å²) in [6.07, 6.45) is 0. The van der Waals surface area contributed by atoms with Crippen LogP contribution in [0.4, 0.5) is 4.39 Å². The first kappa shape index (κ1) is 15.7. The lowest BCUT2D eigenvalue weighted by atomic mass is 10.1. The number of aryl methyl sites for hydroxylation is 1.